The SMILES string of the molecule is COCC(NC(=O)Nc1cn[nH]c1)C(=O)O. The average Bonchev–Trinajstić information content (AvgIpc) is 2.69. The quantitative estimate of drug-likeness (QED) is 0.548. The Morgan fingerprint density at radius 3 is 2.94 bits per heavy atom. The van der Waals surface area contributed by atoms with Crippen LogP contribution in [0.2, 0.25) is 0 Å². The van der Waals surface area contributed by atoms with Gasteiger partial charge in [-0.3, -0.25) is 5.10 Å². The number of aromatic nitrogens is 2. The van der Waals surface area contributed by atoms with Crippen molar-refractivity contribution in [1.29, 1.82) is 0 Å². The summed E-state index contributed by atoms with van der Waals surface area (Å²) in [6.45, 7) is -0.103. The van der Waals surface area contributed by atoms with Crippen molar-refractivity contribution in [2.24, 2.45) is 0 Å². The molecule has 4 N–H and O–H groups in total. The number of aromatic amines is 1. The predicted octanol–water partition coefficient (Wildman–Crippen LogP) is -0.369. The number of ether oxygens (including phenoxy) is 1. The third kappa shape index (κ3) is 3.58. The highest BCUT2D eigenvalue weighted by Gasteiger charge is 2.19. The van der Waals surface area contributed by atoms with E-state index in [0.717, 1.165) is 0 Å². The summed E-state index contributed by atoms with van der Waals surface area (Å²) in [5, 5.41) is 19.5. The first-order valence-electron chi connectivity index (χ1n) is 4.41. The Balaban J connectivity index is 2.45. The van der Waals surface area contributed by atoms with Crippen LogP contribution in [-0.4, -0.2) is 47.1 Å². The van der Waals surface area contributed by atoms with E-state index in [-0.39, 0.29) is 6.61 Å². The number of nitrogens with zero attached hydrogens (tertiary/aromatic N) is 1. The lowest BCUT2D eigenvalue weighted by atomic mass is 10.3. The first kappa shape index (κ1) is 12.0. The zero-order valence-electron chi connectivity index (χ0n) is 8.56. The van der Waals surface area contributed by atoms with Gasteiger partial charge in [0.15, 0.2) is 6.04 Å². The van der Waals surface area contributed by atoms with E-state index in [0.29, 0.717) is 5.69 Å². The molecule has 0 radical (unpaired) electrons. The number of H-pyrrole nitrogens is 1. The fourth-order valence-electron chi connectivity index (χ4n) is 0.986. The third-order valence-electron chi connectivity index (χ3n) is 1.69. The predicted molar refractivity (Wildman–Crippen MR) is 54.0 cm³/mol. The molecule has 0 fully saturated rings. The van der Waals surface area contributed by atoms with Crippen molar-refractivity contribution in [3.05, 3.63) is 12.4 Å². The number of nitrogens with one attached hydrogen (secondary N) is 3. The molecule has 1 rings (SSSR count). The molecule has 1 aromatic heterocycles. The molecule has 1 unspecified atom stereocenters. The van der Waals surface area contributed by atoms with E-state index in [1.807, 2.05) is 0 Å². The molecule has 16 heavy (non-hydrogen) atoms. The zero-order chi connectivity index (χ0) is 12.0. The summed E-state index contributed by atoms with van der Waals surface area (Å²) in [5.74, 6) is -1.16. The van der Waals surface area contributed by atoms with Crippen molar-refractivity contribution in [3.63, 3.8) is 0 Å². The van der Waals surface area contributed by atoms with Crippen LogP contribution in [0.3, 0.4) is 0 Å². The third-order valence-corrected chi connectivity index (χ3v) is 1.69. The topological polar surface area (TPSA) is 116 Å². The fraction of sp³-hybridized carbons (Fsp3) is 0.375. The van der Waals surface area contributed by atoms with E-state index in [1.165, 1.54) is 19.5 Å². The molecule has 0 aliphatic heterocycles. The van der Waals surface area contributed by atoms with Crippen LogP contribution in [0.1, 0.15) is 0 Å². The number of carbonyl (C=O) groups excluding carboxylic acids is 1. The summed E-state index contributed by atoms with van der Waals surface area (Å²) >= 11 is 0. The van der Waals surface area contributed by atoms with Crippen molar-refractivity contribution >= 4 is 17.7 Å². The van der Waals surface area contributed by atoms with Crippen molar-refractivity contribution in [3.8, 4) is 0 Å². The van der Waals surface area contributed by atoms with E-state index in [1.54, 1.807) is 0 Å². The molecule has 1 atom stereocenters. The smallest absolute Gasteiger partial charge is 0.328 e. The lowest BCUT2D eigenvalue weighted by Crippen LogP contribution is -2.45. The van der Waals surface area contributed by atoms with Crippen molar-refractivity contribution in [1.82, 2.24) is 15.5 Å². The first-order valence-corrected chi connectivity index (χ1v) is 4.41. The summed E-state index contributed by atoms with van der Waals surface area (Å²) < 4.78 is 4.66. The van der Waals surface area contributed by atoms with Crippen LogP contribution >= 0.6 is 0 Å². The molecule has 1 heterocycles. The number of hydrogen-bond acceptors (Lipinski definition) is 4. The Bertz CT molecular complexity index is 351. The van der Waals surface area contributed by atoms with Crippen molar-refractivity contribution in [2.45, 2.75) is 6.04 Å². The normalized spacial score (nSPS) is 11.8. The van der Waals surface area contributed by atoms with Crippen LogP contribution in [0.15, 0.2) is 12.4 Å². The first-order chi connectivity index (χ1) is 7.63. The van der Waals surface area contributed by atoms with E-state index in [4.69, 9.17) is 5.11 Å². The summed E-state index contributed by atoms with van der Waals surface area (Å²) in [6, 6.07) is -1.72. The maximum absolute atomic E-state index is 11.3. The van der Waals surface area contributed by atoms with Gasteiger partial charge in [-0.05, 0) is 0 Å². The van der Waals surface area contributed by atoms with Crippen molar-refractivity contribution < 1.29 is 19.4 Å². The number of methoxy groups -OCH3 is 1. The molecule has 2 amide bonds. The maximum Gasteiger partial charge on any atom is 0.328 e. The summed E-state index contributed by atoms with van der Waals surface area (Å²) in [5.41, 5.74) is 0.444. The lowest BCUT2D eigenvalue weighted by molar-refractivity contribution is -0.140. The van der Waals surface area contributed by atoms with Gasteiger partial charge in [-0.25, -0.2) is 9.59 Å². The lowest BCUT2D eigenvalue weighted by Gasteiger charge is -2.13. The highest BCUT2D eigenvalue weighted by atomic mass is 16.5. The maximum atomic E-state index is 11.3. The molecule has 8 nitrogen and oxygen atoms in total. The number of urea groups is 1. The highest BCUT2D eigenvalue weighted by Crippen LogP contribution is 2.00. The molecule has 0 saturated heterocycles. The molecule has 0 bridgehead atoms. The standard InChI is InChI=1S/C8H12N4O4/c1-16-4-6(7(13)14)12-8(15)11-5-2-9-10-3-5/h2-3,6H,4H2,1H3,(H,9,10)(H,13,14)(H2,11,12,15). The number of aliphatic carboxylic acids is 1. The molecule has 0 spiro atoms. The molecule has 0 saturated carbocycles. The van der Waals surface area contributed by atoms with Crippen LogP contribution in [-0.2, 0) is 9.53 Å². The molecule has 0 aliphatic carbocycles. The molecule has 0 aromatic carbocycles. The van der Waals surface area contributed by atoms with Gasteiger partial charge in [-0.1, -0.05) is 0 Å². The Hall–Kier alpha value is -2.09. The largest absolute Gasteiger partial charge is 0.480 e. The van der Waals surface area contributed by atoms with Crippen LogP contribution in [0.4, 0.5) is 10.5 Å². The van der Waals surface area contributed by atoms with E-state index < -0.39 is 18.0 Å². The minimum Gasteiger partial charge on any atom is -0.480 e. The number of carboxylic acid groups (broad SMARTS) is 1. The molecular formula is C8H12N4O4. The highest BCUT2D eigenvalue weighted by molar-refractivity contribution is 5.91. The van der Waals surface area contributed by atoms with Crippen molar-refractivity contribution in [2.75, 3.05) is 19.0 Å². The second-order valence-electron chi connectivity index (χ2n) is 2.93. The molecular weight excluding hydrogens is 216 g/mol. The Morgan fingerprint density at radius 2 is 2.44 bits per heavy atom. The van der Waals surface area contributed by atoms with Crippen LogP contribution in [0, 0.1) is 0 Å². The Labute approximate surface area is 91.0 Å². The number of anilines is 1. The van der Waals surface area contributed by atoms with Gasteiger partial charge in [0.1, 0.15) is 0 Å². The minimum atomic E-state index is -1.16. The Morgan fingerprint density at radius 1 is 1.69 bits per heavy atom. The molecule has 0 aliphatic rings. The number of rotatable bonds is 5. The average molecular weight is 228 g/mol. The van der Waals surface area contributed by atoms with Crippen LogP contribution in [0.5, 0.6) is 0 Å². The minimum absolute atomic E-state index is 0.103. The van der Waals surface area contributed by atoms with E-state index >= 15 is 0 Å². The van der Waals surface area contributed by atoms with Gasteiger partial charge >= 0.3 is 12.0 Å². The molecule has 88 valence electrons. The molecule has 8 heteroatoms. The monoisotopic (exact) mass is 228 g/mol. The number of carbonyl (C=O) groups is 2. The summed E-state index contributed by atoms with van der Waals surface area (Å²) in [6.07, 6.45) is 2.86. The molecule has 1 aromatic rings. The van der Waals surface area contributed by atoms with Gasteiger partial charge in [0.25, 0.3) is 0 Å². The second-order valence-corrected chi connectivity index (χ2v) is 2.93. The fourth-order valence-corrected chi connectivity index (χ4v) is 0.986. The van der Waals surface area contributed by atoms with Crippen LogP contribution in [0.25, 0.3) is 0 Å². The number of carboxylic acids is 1. The van der Waals surface area contributed by atoms with Gasteiger partial charge in [-0.2, -0.15) is 5.10 Å². The number of hydrogen-bond donors (Lipinski definition) is 4. The van der Waals surface area contributed by atoms with Gasteiger partial charge in [0.05, 0.1) is 18.5 Å². The van der Waals surface area contributed by atoms with Gasteiger partial charge < -0.3 is 20.5 Å². The van der Waals surface area contributed by atoms with Gasteiger partial charge in [-0.15, -0.1) is 0 Å². The Kier molecular flexibility index (Phi) is 4.28. The van der Waals surface area contributed by atoms with Gasteiger partial charge in [0, 0.05) is 13.3 Å². The van der Waals surface area contributed by atoms with E-state index in [2.05, 4.69) is 25.6 Å². The van der Waals surface area contributed by atoms with E-state index in [9.17, 15) is 9.59 Å². The second kappa shape index (κ2) is 5.71. The summed E-state index contributed by atoms with van der Waals surface area (Å²) in [4.78, 5) is 22.0. The number of amides is 2. The zero-order valence-corrected chi connectivity index (χ0v) is 8.56. The van der Waals surface area contributed by atoms with Crippen LogP contribution < -0.4 is 10.6 Å². The van der Waals surface area contributed by atoms with Gasteiger partial charge in [0.2, 0.25) is 0 Å². The summed E-state index contributed by atoms with van der Waals surface area (Å²) in [7, 11) is 1.35.